The van der Waals surface area contributed by atoms with Crippen molar-refractivity contribution in [3.63, 3.8) is 0 Å². The molecule has 0 bridgehead atoms. The number of carbonyl (C=O) groups is 1. The lowest BCUT2D eigenvalue weighted by Crippen LogP contribution is -2.40. The van der Waals surface area contributed by atoms with Gasteiger partial charge in [0.25, 0.3) is 0 Å². The highest BCUT2D eigenvalue weighted by Crippen LogP contribution is 2.26. The summed E-state index contributed by atoms with van der Waals surface area (Å²) in [6, 6.07) is 9.64. The summed E-state index contributed by atoms with van der Waals surface area (Å²) in [7, 11) is 3.73. The summed E-state index contributed by atoms with van der Waals surface area (Å²) in [5, 5.41) is 9.44. The molecule has 1 unspecified atom stereocenters. The summed E-state index contributed by atoms with van der Waals surface area (Å²) < 4.78 is 0. The Balaban J connectivity index is 2.98. The molecule has 1 N–H and O–H groups in total. The maximum atomic E-state index is 11.5. The topological polar surface area (TPSA) is 40.5 Å². The van der Waals surface area contributed by atoms with E-state index in [0.717, 1.165) is 5.56 Å². The molecule has 0 spiro atoms. The van der Waals surface area contributed by atoms with Crippen molar-refractivity contribution < 1.29 is 9.90 Å². The lowest BCUT2D eigenvalue weighted by Gasteiger charge is -2.29. The first-order valence-corrected chi connectivity index (χ1v) is 5.56. The summed E-state index contributed by atoms with van der Waals surface area (Å²) >= 11 is 0. The minimum absolute atomic E-state index is 0.445. The predicted octanol–water partition coefficient (Wildman–Crippen LogP) is 2.05. The van der Waals surface area contributed by atoms with Crippen LogP contribution in [0.1, 0.15) is 5.56 Å². The fraction of sp³-hybridized carbons (Fsp3) is 0.357. The lowest BCUT2D eigenvalue weighted by molar-refractivity contribution is -0.146. The van der Waals surface area contributed by atoms with Crippen LogP contribution in [0.25, 0.3) is 0 Å². The lowest BCUT2D eigenvalue weighted by atomic mass is 9.81. The molecule has 0 saturated heterocycles. The first-order valence-electron chi connectivity index (χ1n) is 5.56. The number of rotatable bonds is 6. The van der Waals surface area contributed by atoms with Gasteiger partial charge >= 0.3 is 5.97 Å². The van der Waals surface area contributed by atoms with Crippen LogP contribution in [0.15, 0.2) is 43.0 Å². The Morgan fingerprint density at radius 3 is 2.41 bits per heavy atom. The van der Waals surface area contributed by atoms with E-state index in [4.69, 9.17) is 0 Å². The van der Waals surface area contributed by atoms with E-state index in [1.165, 1.54) is 0 Å². The zero-order valence-corrected chi connectivity index (χ0v) is 10.4. The molecule has 0 saturated carbocycles. The molecule has 0 aliphatic heterocycles. The Kier molecular flexibility index (Phi) is 4.46. The average Bonchev–Trinajstić information content (AvgIpc) is 2.28. The van der Waals surface area contributed by atoms with Gasteiger partial charge in [-0.15, -0.1) is 6.58 Å². The standard InChI is InChI=1S/C14H19NO2/c1-4-14(13(16)17,11-15(2)3)10-12-8-6-5-7-9-12/h4-9H,1,10-11H2,2-3H3,(H,16,17). The molecule has 0 aliphatic rings. The first-order chi connectivity index (χ1) is 8.00. The quantitative estimate of drug-likeness (QED) is 0.764. The van der Waals surface area contributed by atoms with E-state index in [1.54, 1.807) is 6.08 Å². The van der Waals surface area contributed by atoms with Crippen LogP contribution >= 0.6 is 0 Å². The van der Waals surface area contributed by atoms with Crippen molar-refractivity contribution in [1.29, 1.82) is 0 Å². The predicted molar refractivity (Wildman–Crippen MR) is 69.0 cm³/mol. The number of aliphatic carboxylic acids is 1. The molecule has 0 radical (unpaired) electrons. The minimum Gasteiger partial charge on any atom is -0.481 e. The van der Waals surface area contributed by atoms with Gasteiger partial charge in [-0.25, -0.2) is 0 Å². The monoisotopic (exact) mass is 233 g/mol. The number of hydrogen-bond donors (Lipinski definition) is 1. The van der Waals surface area contributed by atoms with Gasteiger partial charge < -0.3 is 10.0 Å². The normalized spacial score (nSPS) is 14.3. The zero-order valence-electron chi connectivity index (χ0n) is 10.4. The molecule has 92 valence electrons. The summed E-state index contributed by atoms with van der Waals surface area (Å²) in [5.41, 5.74) is 0.0850. The summed E-state index contributed by atoms with van der Waals surface area (Å²) in [6.07, 6.45) is 2.01. The molecule has 1 rings (SSSR count). The SMILES string of the molecule is C=CC(Cc1ccccc1)(CN(C)C)C(=O)O. The van der Waals surface area contributed by atoms with Crippen LogP contribution in [0.4, 0.5) is 0 Å². The Morgan fingerprint density at radius 1 is 1.41 bits per heavy atom. The largest absolute Gasteiger partial charge is 0.481 e. The van der Waals surface area contributed by atoms with E-state index in [-0.39, 0.29) is 0 Å². The van der Waals surface area contributed by atoms with Crippen LogP contribution in [0.5, 0.6) is 0 Å². The second-order valence-corrected chi connectivity index (χ2v) is 4.57. The smallest absolute Gasteiger partial charge is 0.315 e. The van der Waals surface area contributed by atoms with Gasteiger partial charge in [0.2, 0.25) is 0 Å². The van der Waals surface area contributed by atoms with Crippen molar-refractivity contribution in [3.8, 4) is 0 Å². The van der Waals surface area contributed by atoms with E-state index in [0.29, 0.717) is 13.0 Å². The van der Waals surface area contributed by atoms with Crippen LogP contribution < -0.4 is 0 Å². The first kappa shape index (κ1) is 13.5. The molecule has 0 amide bonds. The van der Waals surface area contributed by atoms with E-state index >= 15 is 0 Å². The molecule has 1 aromatic rings. The molecule has 0 fully saturated rings. The van der Waals surface area contributed by atoms with Crippen LogP contribution in [0, 0.1) is 5.41 Å². The fourth-order valence-electron chi connectivity index (χ4n) is 1.95. The highest BCUT2D eigenvalue weighted by molar-refractivity contribution is 5.77. The van der Waals surface area contributed by atoms with Crippen LogP contribution in [0.2, 0.25) is 0 Å². The van der Waals surface area contributed by atoms with E-state index < -0.39 is 11.4 Å². The number of benzene rings is 1. The van der Waals surface area contributed by atoms with Crippen LogP contribution in [-0.2, 0) is 11.2 Å². The third-order valence-electron chi connectivity index (χ3n) is 2.78. The zero-order chi connectivity index (χ0) is 12.9. The van der Waals surface area contributed by atoms with Gasteiger partial charge in [0, 0.05) is 6.54 Å². The van der Waals surface area contributed by atoms with Crippen molar-refractivity contribution in [3.05, 3.63) is 48.6 Å². The van der Waals surface area contributed by atoms with E-state index in [9.17, 15) is 9.90 Å². The number of hydrogen-bond acceptors (Lipinski definition) is 2. The molecule has 1 aromatic carbocycles. The number of nitrogens with zero attached hydrogens (tertiary/aromatic N) is 1. The van der Waals surface area contributed by atoms with Crippen LogP contribution in [-0.4, -0.2) is 36.6 Å². The van der Waals surface area contributed by atoms with Gasteiger partial charge in [-0.05, 0) is 26.1 Å². The Bertz CT molecular complexity index is 386. The molecule has 1 atom stereocenters. The highest BCUT2D eigenvalue weighted by atomic mass is 16.4. The van der Waals surface area contributed by atoms with E-state index in [2.05, 4.69) is 6.58 Å². The summed E-state index contributed by atoms with van der Waals surface area (Å²) in [5.74, 6) is -0.829. The Morgan fingerprint density at radius 2 is 2.00 bits per heavy atom. The molecule has 0 aliphatic carbocycles. The number of carboxylic acid groups (broad SMARTS) is 1. The third kappa shape index (κ3) is 3.43. The minimum atomic E-state index is -0.926. The maximum Gasteiger partial charge on any atom is 0.315 e. The third-order valence-corrected chi connectivity index (χ3v) is 2.78. The molecular formula is C14H19NO2. The van der Waals surface area contributed by atoms with Gasteiger partial charge in [-0.1, -0.05) is 36.4 Å². The van der Waals surface area contributed by atoms with Crippen molar-refractivity contribution in [2.45, 2.75) is 6.42 Å². The fourth-order valence-corrected chi connectivity index (χ4v) is 1.95. The van der Waals surface area contributed by atoms with Gasteiger partial charge in [-0.3, -0.25) is 4.79 Å². The second-order valence-electron chi connectivity index (χ2n) is 4.57. The van der Waals surface area contributed by atoms with Gasteiger partial charge in [0.1, 0.15) is 5.41 Å². The maximum absolute atomic E-state index is 11.5. The van der Waals surface area contributed by atoms with E-state index in [1.807, 2.05) is 49.3 Å². The molecule has 0 heterocycles. The van der Waals surface area contributed by atoms with Gasteiger partial charge in [-0.2, -0.15) is 0 Å². The molecule has 17 heavy (non-hydrogen) atoms. The molecular weight excluding hydrogens is 214 g/mol. The second kappa shape index (κ2) is 5.64. The Labute approximate surface area is 102 Å². The van der Waals surface area contributed by atoms with Crippen molar-refractivity contribution in [2.24, 2.45) is 5.41 Å². The summed E-state index contributed by atoms with van der Waals surface area (Å²) in [4.78, 5) is 13.4. The molecule has 3 nitrogen and oxygen atoms in total. The van der Waals surface area contributed by atoms with Crippen molar-refractivity contribution in [1.82, 2.24) is 4.90 Å². The molecule has 0 aromatic heterocycles. The average molecular weight is 233 g/mol. The number of carboxylic acids is 1. The van der Waals surface area contributed by atoms with Crippen molar-refractivity contribution in [2.75, 3.05) is 20.6 Å². The van der Waals surface area contributed by atoms with Crippen LogP contribution in [0.3, 0.4) is 0 Å². The summed E-state index contributed by atoms with van der Waals surface area (Å²) in [6.45, 7) is 4.14. The Hall–Kier alpha value is -1.61. The molecule has 3 heteroatoms. The highest BCUT2D eigenvalue weighted by Gasteiger charge is 2.36. The van der Waals surface area contributed by atoms with Crippen molar-refractivity contribution >= 4 is 5.97 Å². The van der Waals surface area contributed by atoms with Gasteiger partial charge in [0.15, 0.2) is 0 Å². The van der Waals surface area contributed by atoms with Gasteiger partial charge in [0.05, 0.1) is 0 Å².